The first-order chi connectivity index (χ1) is 10.5. The molecule has 118 valence electrons. The molecule has 0 amide bonds. The molecule has 0 saturated carbocycles. The molecule has 1 atom stereocenters. The van der Waals surface area contributed by atoms with Crippen molar-refractivity contribution in [3.05, 3.63) is 35.9 Å². The maximum absolute atomic E-state index is 11.1. The number of hydrogen-bond donors (Lipinski definition) is 1. The Morgan fingerprint density at radius 3 is 2.86 bits per heavy atom. The highest BCUT2D eigenvalue weighted by Gasteiger charge is 2.37. The van der Waals surface area contributed by atoms with Gasteiger partial charge in [-0.1, -0.05) is 5.21 Å². The van der Waals surface area contributed by atoms with Gasteiger partial charge in [-0.15, -0.1) is 5.10 Å². The highest BCUT2D eigenvalue weighted by molar-refractivity contribution is 5.47. The number of aryl methyl sites for hydroxylation is 1. The van der Waals surface area contributed by atoms with Gasteiger partial charge < -0.3 is 10.0 Å². The molecule has 1 saturated heterocycles. The molecule has 1 aliphatic rings. The minimum atomic E-state index is -0.942. The first-order valence-corrected chi connectivity index (χ1v) is 7.80. The lowest BCUT2D eigenvalue weighted by atomic mass is 9.89. The van der Waals surface area contributed by atoms with E-state index in [2.05, 4.69) is 40.1 Å². The number of nitrogens with zero attached hydrogens (tertiary/aromatic N) is 5. The number of piperidine rings is 1. The molecule has 0 aromatic carbocycles. The van der Waals surface area contributed by atoms with Crippen LogP contribution in [0.15, 0.2) is 24.5 Å². The van der Waals surface area contributed by atoms with Crippen LogP contribution < -0.4 is 4.90 Å². The van der Waals surface area contributed by atoms with Gasteiger partial charge in [-0.25, -0.2) is 4.68 Å². The van der Waals surface area contributed by atoms with Crippen molar-refractivity contribution in [1.82, 2.24) is 20.0 Å². The van der Waals surface area contributed by atoms with Gasteiger partial charge in [0.2, 0.25) is 0 Å². The van der Waals surface area contributed by atoms with Crippen LogP contribution in [0.4, 0.5) is 5.69 Å². The van der Waals surface area contributed by atoms with Gasteiger partial charge in [0, 0.05) is 30.2 Å². The molecule has 6 heteroatoms. The van der Waals surface area contributed by atoms with E-state index in [-0.39, 0.29) is 6.04 Å². The summed E-state index contributed by atoms with van der Waals surface area (Å²) in [5.41, 5.74) is 1.80. The molecule has 2 aromatic rings. The number of aliphatic hydroxyl groups is 1. The van der Waals surface area contributed by atoms with Crippen molar-refractivity contribution in [1.29, 1.82) is 0 Å². The molecule has 0 bridgehead atoms. The second-order valence-electron chi connectivity index (χ2n) is 6.39. The molecule has 22 heavy (non-hydrogen) atoms. The topological polar surface area (TPSA) is 67.1 Å². The second-order valence-corrected chi connectivity index (χ2v) is 6.39. The Kier molecular flexibility index (Phi) is 3.87. The minimum Gasteiger partial charge on any atom is -0.382 e. The van der Waals surface area contributed by atoms with Crippen molar-refractivity contribution in [2.75, 3.05) is 18.0 Å². The highest BCUT2D eigenvalue weighted by Crippen LogP contribution is 2.32. The van der Waals surface area contributed by atoms with Gasteiger partial charge in [0.15, 0.2) is 0 Å². The van der Waals surface area contributed by atoms with Crippen molar-refractivity contribution in [2.24, 2.45) is 0 Å². The quantitative estimate of drug-likeness (QED) is 0.940. The number of β-amino-alcohol motifs (C(OH)–C–C–N with tert-alkyl or cyclic N) is 1. The summed E-state index contributed by atoms with van der Waals surface area (Å²) in [7, 11) is 0. The summed E-state index contributed by atoms with van der Waals surface area (Å²) in [6.45, 7) is 7.55. The van der Waals surface area contributed by atoms with E-state index in [4.69, 9.17) is 0 Å². The van der Waals surface area contributed by atoms with Crippen LogP contribution in [-0.2, 0) is 5.60 Å². The van der Waals surface area contributed by atoms with Crippen molar-refractivity contribution in [3.8, 4) is 0 Å². The Morgan fingerprint density at radius 1 is 1.36 bits per heavy atom. The van der Waals surface area contributed by atoms with Crippen LogP contribution in [0.3, 0.4) is 0 Å². The van der Waals surface area contributed by atoms with Crippen molar-refractivity contribution in [2.45, 2.75) is 45.3 Å². The van der Waals surface area contributed by atoms with E-state index >= 15 is 0 Å². The largest absolute Gasteiger partial charge is 0.382 e. The lowest BCUT2D eigenvalue weighted by molar-refractivity contribution is 0.0176. The Morgan fingerprint density at radius 2 is 2.18 bits per heavy atom. The van der Waals surface area contributed by atoms with Crippen LogP contribution in [0.1, 0.15) is 44.1 Å². The number of aromatic nitrogens is 4. The number of anilines is 1. The predicted molar refractivity (Wildman–Crippen MR) is 84.7 cm³/mol. The molecule has 0 spiro atoms. The molecule has 1 aliphatic heterocycles. The normalized spacial score (nSPS) is 22.3. The second kappa shape index (κ2) is 5.68. The summed E-state index contributed by atoms with van der Waals surface area (Å²) in [4.78, 5) is 6.44. The smallest absolute Gasteiger partial charge is 0.127 e. The van der Waals surface area contributed by atoms with Crippen LogP contribution in [0.2, 0.25) is 0 Å². The maximum atomic E-state index is 11.1. The molecule has 2 aromatic heterocycles. The number of rotatable bonds is 3. The maximum Gasteiger partial charge on any atom is 0.127 e. The van der Waals surface area contributed by atoms with Gasteiger partial charge in [-0.3, -0.25) is 4.98 Å². The van der Waals surface area contributed by atoms with E-state index < -0.39 is 5.60 Å². The fraction of sp³-hybridized carbons (Fsp3) is 0.562. The van der Waals surface area contributed by atoms with Gasteiger partial charge in [-0.2, -0.15) is 0 Å². The average molecular weight is 301 g/mol. The summed E-state index contributed by atoms with van der Waals surface area (Å²) in [5, 5.41) is 19.4. The third-order valence-corrected chi connectivity index (χ3v) is 4.23. The molecular formula is C16H23N5O. The predicted octanol–water partition coefficient (Wildman–Crippen LogP) is 2.05. The van der Waals surface area contributed by atoms with Gasteiger partial charge in [0.1, 0.15) is 11.3 Å². The van der Waals surface area contributed by atoms with E-state index in [0.29, 0.717) is 18.7 Å². The van der Waals surface area contributed by atoms with Crippen LogP contribution in [0.5, 0.6) is 0 Å². The zero-order chi connectivity index (χ0) is 15.7. The molecule has 0 aliphatic carbocycles. The first-order valence-electron chi connectivity index (χ1n) is 7.80. The third-order valence-electron chi connectivity index (χ3n) is 4.23. The molecule has 6 nitrogen and oxygen atoms in total. The molecular weight excluding hydrogens is 278 g/mol. The van der Waals surface area contributed by atoms with Crippen LogP contribution in [0, 0.1) is 6.92 Å². The molecule has 1 N–H and O–H groups in total. The summed E-state index contributed by atoms with van der Waals surface area (Å²) in [5.74, 6) is 0. The van der Waals surface area contributed by atoms with Crippen molar-refractivity contribution < 1.29 is 5.11 Å². The minimum absolute atomic E-state index is 0.243. The Balaban J connectivity index is 1.84. The Labute approximate surface area is 130 Å². The number of pyridine rings is 1. The van der Waals surface area contributed by atoms with Gasteiger partial charge in [0.05, 0.1) is 12.7 Å². The van der Waals surface area contributed by atoms with Gasteiger partial charge in [-0.05, 0) is 45.7 Å². The van der Waals surface area contributed by atoms with Gasteiger partial charge in [0.25, 0.3) is 0 Å². The fourth-order valence-corrected chi connectivity index (χ4v) is 2.94. The van der Waals surface area contributed by atoms with E-state index in [9.17, 15) is 5.11 Å². The summed E-state index contributed by atoms with van der Waals surface area (Å²) in [6, 6.07) is 4.29. The lowest BCUT2D eigenvalue weighted by Gasteiger charge is -2.39. The van der Waals surface area contributed by atoms with E-state index in [1.54, 1.807) is 4.68 Å². The Hall–Kier alpha value is -1.95. The summed E-state index contributed by atoms with van der Waals surface area (Å²) >= 11 is 0. The molecule has 3 rings (SSSR count). The van der Waals surface area contributed by atoms with E-state index in [1.807, 2.05) is 25.4 Å². The zero-order valence-electron chi connectivity index (χ0n) is 13.4. The molecule has 0 radical (unpaired) electrons. The summed E-state index contributed by atoms with van der Waals surface area (Å²) < 4.78 is 1.79. The first kappa shape index (κ1) is 15.0. The average Bonchev–Trinajstić information content (AvgIpc) is 2.98. The van der Waals surface area contributed by atoms with Crippen molar-refractivity contribution >= 4 is 5.69 Å². The van der Waals surface area contributed by atoms with E-state index in [0.717, 1.165) is 24.3 Å². The highest BCUT2D eigenvalue weighted by atomic mass is 16.3. The summed E-state index contributed by atoms with van der Waals surface area (Å²) in [6.07, 6.45) is 5.32. The van der Waals surface area contributed by atoms with Gasteiger partial charge >= 0.3 is 0 Å². The van der Waals surface area contributed by atoms with Crippen LogP contribution in [-0.4, -0.2) is 38.2 Å². The molecule has 1 fully saturated rings. The van der Waals surface area contributed by atoms with Crippen molar-refractivity contribution in [3.63, 3.8) is 0 Å². The molecule has 0 unspecified atom stereocenters. The molecule has 3 heterocycles. The third kappa shape index (κ3) is 2.83. The monoisotopic (exact) mass is 301 g/mol. The Bertz CT molecular complexity index is 653. The van der Waals surface area contributed by atoms with Crippen LogP contribution in [0.25, 0.3) is 0 Å². The lowest BCUT2D eigenvalue weighted by Crippen LogP contribution is -2.46. The fourth-order valence-electron chi connectivity index (χ4n) is 2.94. The zero-order valence-corrected chi connectivity index (χ0v) is 13.4. The standard InChI is InChI=1S/C16H23N5O/c1-12(2)21-10-15(18-19-21)16(22)6-4-8-20(11-16)14-5-7-17-13(3)9-14/h5,7,9-10,12,22H,4,6,8,11H2,1-3H3/t16-/m0/s1. The number of hydrogen-bond acceptors (Lipinski definition) is 5. The SMILES string of the molecule is Cc1cc(N2CCC[C@@](O)(c3cn(C(C)C)nn3)C2)ccn1. The van der Waals surface area contributed by atoms with Crippen LogP contribution >= 0.6 is 0 Å². The van der Waals surface area contributed by atoms with E-state index in [1.165, 1.54) is 0 Å².